The van der Waals surface area contributed by atoms with Gasteiger partial charge >= 0.3 is 0 Å². The summed E-state index contributed by atoms with van der Waals surface area (Å²) in [6.07, 6.45) is 0. The van der Waals surface area contributed by atoms with Gasteiger partial charge in [-0.25, -0.2) is 0 Å². The van der Waals surface area contributed by atoms with E-state index in [0.717, 1.165) is 16.5 Å². The summed E-state index contributed by atoms with van der Waals surface area (Å²) in [7, 11) is 0. The second-order valence-electron chi connectivity index (χ2n) is 4.85. The van der Waals surface area contributed by atoms with E-state index in [9.17, 15) is 0 Å². The molecule has 0 radical (unpaired) electrons. The van der Waals surface area contributed by atoms with Crippen LogP contribution in [0.25, 0.3) is 10.9 Å². The molecule has 2 aromatic carbocycles. The van der Waals surface area contributed by atoms with Gasteiger partial charge in [0.25, 0.3) is 0 Å². The van der Waals surface area contributed by atoms with E-state index in [1.54, 1.807) is 6.07 Å². The predicted octanol–water partition coefficient (Wildman–Crippen LogP) is 5.96. The van der Waals surface area contributed by atoms with Crippen molar-refractivity contribution in [3.05, 3.63) is 68.8 Å². The van der Waals surface area contributed by atoms with Gasteiger partial charge in [0.2, 0.25) is 0 Å². The highest BCUT2D eigenvalue weighted by Gasteiger charge is 2.09. The largest absolute Gasteiger partial charge is 0.327 e. The number of aryl methyl sites for hydroxylation is 1. The molecular formula is C16H12Cl3N. The van der Waals surface area contributed by atoms with Crippen LogP contribution in [-0.4, -0.2) is 4.57 Å². The fraction of sp³-hybridized carbons (Fsp3) is 0.125. The van der Waals surface area contributed by atoms with Gasteiger partial charge in [0, 0.05) is 20.9 Å². The third-order valence-electron chi connectivity index (χ3n) is 3.35. The van der Waals surface area contributed by atoms with Crippen LogP contribution in [0.2, 0.25) is 15.2 Å². The maximum Gasteiger partial charge on any atom is 0.110 e. The molecule has 0 saturated carbocycles. The number of fused-ring (bicyclic) bond motifs is 1. The number of hydrogen-bond acceptors (Lipinski definition) is 0. The standard InChI is InChI=1S/C16H12Cl3N/c1-10-2-5-15-12(6-10)7-16(19)20(15)9-11-3-4-13(17)8-14(11)18/h2-8H,9H2,1H3. The fourth-order valence-corrected chi connectivity index (χ4v) is 3.07. The van der Waals surface area contributed by atoms with Crippen LogP contribution in [0.15, 0.2) is 42.5 Å². The highest BCUT2D eigenvalue weighted by Crippen LogP contribution is 2.28. The summed E-state index contributed by atoms with van der Waals surface area (Å²) in [5, 5.41) is 3.14. The van der Waals surface area contributed by atoms with Gasteiger partial charge in [-0.05, 0) is 42.8 Å². The molecule has 0 spiro atoms. The molecule has 4 heteroatoms. The van der Waals surface area contributed by atoms with Gasteiger partial charge < -0.3 is 4.57 Å². The molecule has 0 bridgehead atoms. The first kappa shape index (κ1) is 13.8. The number of rotatable bonds is 2. The zero-order valence-corrected chi connectivity index (χ0v) is 13.1. The lowest BCUT2D eigenvalue weighted by Gasteiger charge is -2.09. The van der Waals surface area contributed by atoms with Gasteiger partial charge in [-0.15, -0.1) is 0 Å². The van der Waals surface area contributed by atoms with Crippen molar-refractivity contribution in [2.45, 2.75) is 13.5 Å². The maximum absolute atomic E-state index is 6.35. The molecule has 3 aromatic rings. The van der Waals surface area contributed by atoms with Gasteiger partial charge in [0.1, 0.15) is 5.15 Å². The smallest absolute Gasteiger partial charge is 0.110 e. The van der Waals surface area contributed by atoms with E-state index in [-0.39, 0.29) is 0 Å². The number of aromatic nitrogens is 1. The molecule has 0 saturated heterocycles. The number of nitrogens with zero attached hydrogens (tertiary/aromatic N) is 1. The van der Waals surface area contributed by atoms with E-state index in [2.05, 4.69) is 25.1 Å². The van der Waals surface area contributed by atoms with Gasteiger partial charge in [0.05, 0.1) is 6.54 Å². The van der Waals surface area contributed by atoms with Crippen molar-refractivity contribution >= 4 is 45.7 Å². The van der Waals surface area contributed by atoms with E-state index >= 15 is 0 Å². The van der Waals surface area contributed by atoms with Gasteiger partial charge in [-0.2, -0.15) is 0 Å². The van der Waals surface area contributed by atoms with Crippen LogP contribution >= 0.6 is 34.8 Å². The van der Waals surface area contributed by atoms with Crippen molar-refractivity contribution in [2.24, 2.45) is 0 Å². The average molecular weight is 325 g/mol. The average Bonchev–Trinajstić information content (AvgIpc) is 2.68. The minimum Gasteiger partial charge on any atom is -0.327 e. The minimum atomic E-state index is 0.626. The Hall–Kier alpha value is -1.15. The predicted molar refractivity (Wildman–Crippen MR) is 87.2 cm³/mol. The monoisotopic (exact) mass is 323 g/mol. The quantitative estimate of drug-likeness (QED) is 0.548. The molecule has 1 aromatic heterocycles. The van der Waals surface area contributed by atoms with Crippen LogP contribution in [0, 0.1) is 6.92 Å². The molecule has 0 N–H and O–H groups in total. The summed E-state index contributed by atoms with van der Waals surface area (Å²) in [4.78, 5) is 0. The van der Waals surface area contributed by atoms with Crippen molar-refractivity contribution in [1.82, 2.24) is 4.57 Å². The first-order chi connectivity index (χ1) is 9.54. The summed E-state index contributed by atoms with van der Waals surface area (Å²) in [6, 6.07) is 13.8. The normalized spacial score (nSPS) is 11.2. The third-order valence-corrected chi connectivity index (χ3v) is 4.25. The van der Waals surface area contributed by atoms with Crippen LogP contribution < -0.4 is 0 Å². The lowest BCUT2D eigenvalue weighted by molar-refractivity contribution is 0.838. The van der Waals surface area contributed by atoms with Crippen LogP contribution in [0.1, 0.15) is 11.1 Å². The first-order valence-corrected chi connectivity index (χ1v) is 7.37. The third kappa shape index (κ3) is 2.54. The molecule has 0 amide bonds. The molecule has 0 aliphatic heterocycles. The second-order valence-corrected chi connectivity index (χ2v) is 6.08. The van der Waals surface area contributed by atoms with E-state index < -0.39 is 0 Å². The molecule has 0 fully saturated rings. The summed E-state index contributed by atoms with van der Waals surface area (Å²) in [6.45, 7) is 2.70. The molecule has 0 unspecified atom stereocenters. The van der Waals surface area contributed by atoms with Crippen LogP contribution in [0.3, 0.4) is 0 Å². The Morgan fingerprint density at radius 3 is 2.50 bits per heavy atom. The zero-order chi connectivity index (χ0) is 14.3. The van der Waals surface area contributed by atoms with Gasteiger partial charge in [-0.1, -0.05) is 52.5 Å². The van der Waals surface area contributed by atoms with E-state index in [4.69, 9.17) is 34.8 Å². The van der Waals surface area contributed by atoms with Crippen molar-refractivity contribution in [1.29, 1.82) is 0 Å². The Balaban J connectivity index is 2.08. The van der Waals surface area contributed by atoms with Gasteiger partial charge in [0.15, 0.2) is 0 Å². The maximum atomic E-state index is 6.35. The van der Waals surface area contributed by atoms with Crippen LogP contribution in [-0.2, 0) is 6.54 Å². The molecule has 1 heterocycles. The Morgan fingerprint density at radius 2 is 1.75 bits per heavy atom. The summed E-state index contributed by atoms with van der Waals surface area (Å²) in [5.41, 5.74) is 3.32. The minimum absolute atomic E-state index is 0.626. The molecule has 0 aliphatic rings. The molecule has 20 heavy (non-hydrogen) atoms. The second kappa shape index (κ2) is 5.33. The zero-order valence-electron chi connectivity index (χ0n) is 10.8. The molecule has 0 atom stereocenters. The van der Waals surface area contributed by atoms with E-state index in [1.165, 1.54) is 5.56 Å². The van der Waals surface area contributed by atoms with Crippen LogP contribution in [0.5, 0.6) is 0 Å². The Morgan fingerprint density at radius 1 is 0.950 bits per heavy atom. The van der Waals surface area contributed by atoms with Crippen molar-refractivity contribution < 1.29 is 0 Å². The highest BCUT2D eigenvalue weighted by atomic mass is 35.5. The number of benzene rings is 2. The molecule has 0 aliphatic carbocycles. The fourth-order valence-electron chi connectivity index (χ4n) is 2.34. The number of hydrogen-bond donors (Lipinski definition) is 0. The Bertz CT molecular complexity index is 790. The first-order valence-electron chi connectivity index (χ1n) is 6.24. The number of halogens is 3. The topological polar surface area (TPSA) is 4.93 Å². The van der Waals surface area contributed by atoms with Crippen molar-refractivity contribution in [2.75, 3.05) is 0 Å². The highest BCUT2D eigenvalue weighted by molar-refractivity contribution is 6.35. The lowest BCUT2D eigenvalue weighted by Crippen LogP contribution is -2.00. The van der Waals surface area contributed by atoms with Crippen molar-refractivity contribution in [3.8, 4) is 0 Å². The Labute approximate surface area is 132 Å². The molecule has 102 valence electrons. The molecular weight excluding hydrogens is 313 g/mol. The SMILES string of the molecule is Cc1ccc2c(c1)cc(Cl)n2Cc1ccc(Cl)cc1Cl. The van der Waals surface area contributed by atoms with E-state index in [1.807, 2.05) is 22.8 Å². The van der Waals surface area contributed by atoms with Crippen molar-refractivity contribution in [3.63, 3.8) is 0 Å². The Kier molecular flexibility index (Phi) is 3.68. The molecule has 3 rings (SSSR count). The van der Waals surface area contributed by atoms with E-state index in [0.29, 0.717) is 21.7 Å². The summed E-state index contributed by atoms with van der Waals surface area (Å²) in [5.74, 6) is 0. The van der Waals surface area contributed by atoms with Crippen LogP contribution in [0.4, 0.5) is 0 Å². The molecule has 1 nitrogen and oxygen atoms in total. The summed E-state index contributed by atoms with van der Waals surface area (Å²) < 4.78 is 2.05. The summed E-state index contributed by atoms with van der Waals surface area (Å²) >= 11 is 18.5. The lowest BCUT2D eigenvalue weighted by atomic mass is 10.2. The van der Waals surface area contributed by atoms with Gasteiger partial charge in [-0.3, -0.25) is 0 Å².